The minimum Gasteiger partial charge on any atom is -0.489 e. The molecule has 0 radical (unpaired) electrons. The van der Waals surface area contributed by atoms with Crippen LogP contribution in [-0.2, 0) is 16.0 Å². The van der Waals surface area contributed by atoms with Crippen molar-refractivity contribution in [1.29, 1.82) is 0 Å². The molecule has 1 heterocycles. The summed E-state index contributed by atoms with van der Waals surface area (Å²) in [6, 6.07) is 18.9. The number of aryl methyl sites for hydroxylation is 1. The summed E-state index contributed by atoms with van der Waals surface area (Å²) in [5.41, 5.74) is 2.56. The van der Waals surface area contributed by atoms with Crippen molar-refractivity contribution in [3.8, 4) is 5.75 Å². The van der Waals surface area contributed by atoms with E-state index in [1.165, 1.54) is 11.3 Å². The van der Waals surface area contributed by atoms with Gasteiger partial charge in [-0.05, 0) is 62.4 Å². The number of rotatable bonds is 9. The second kappa shape index (κ2) is 10.1. The SMILES string of the molecule is CC(=O)COCCCc1ccc(N2CCCC(Oc3ccccc3)C2)cc1. The standard InChI is InChI=1S/C23H29NO3/c1-19(25)18-26-16-6-7-20-11-13-21(14-12-20)24-15-5-10-23(17-24)27-22-8-3-2-4-9-22/h2-4,8-9,11-14,23H,5-7,10,15-18H2,1H3. The number of ketones is 1. The molecule has 3 rings (SSSR count). The molecule has 0 saturated carbocycles. The zero-order valence-corrected chi connectivity index (χ0v) is 16.1. The fourth-order valence-electron chi connectivity index (χ4n) is 3.43. The fraction of sp³-hybridized carbons (Fsp3) is 0.435. The van der Waals surface area contributed by atoms with E-state index in [9.17, 15) is 4.79 Å². The molecule has 1 atom stereocenters. The van der Waals surface area contributed by atoms with Gasteiger partial charge in [0, 0.05) is 18.8 Å². The van der Waals surface area contributed by atoms with E-state index in [0.717, 1.165) is 44.5 Å². The van der Waals surface area contributed by atoms with Crippen LogP contribution in [0.1, 0.15) is 31.7 Å². The number of Topliss-reactive ketones (excluding diaryl/α,β-unsaturated/α-hetero) is 1. The van der Waals surface area contributed by atoms with E-state index in [0.29, 0.717) is 6.61 Å². The highest BCUT2D eigenvalue weighted by molar-refractivity contribution is 5.76. The molecule has 4 nitrogen and oxygen atoms in total. The molecule has 0 aliphatic carbocycles. The molecule has 1 saturated heterocycles. The lowest BCUT2D eigenvalue weighted by molar-refractivity contribution is -0.121. The van der Waals surface area contributed by atoms with Gasteiger partial charge in [-0.3, -0.25) is 4.79 Å². The van der Waals surface area contributed by atoms with Crippen molar-refractivity contribution in [1.82, 2.24) is 0 Å². The van der Waals surface area contributed by atoms with E-state index in [-0.39, 0.29) is 18.5 Å². The number of para-hydroxylation sites is 1. The van der Waals surface area contributed by atoms with E-state index in [4.69, 9.17) is 9.47 Å². The molecule has 1 unspecified atom stereocenters. The molecule has 0 spiro atoms. The normalized spacial score (nSPS) is 16.9. The lowest BCUT2D eigenvalue weighted by Gasteiger charge is -2.34. The van der Waals surface area contributed by atoms with Crippen LogP contribution in [-0.4, -0.2) is 38.2 Å². The molecule has 0 aromatic heterocycles. The highest BCUT2D eigenvalue weighted by Crippen LogP contribution is 2.23. The van der Waals surface area contributed by atoms with Gasteiger partial charge < -0.3 is 14.4 Å². The van der Waals surface area contributed by atoms with E-state index in [2.05, 4.69) is 29.2 Å². The van der Waals surface area contributed by atoms with Gasteiger partial charge in [0.15, 0.2) is 5.78 Å². The minimum absolute atomic E-state index is 0.0791. The van der Waals surface area contributed by atoms with Gasteiger partial charge in [0.1, 0.15) is 18.5 Å². The number of ether oxygens (including phenoxy) is 2. The number of nitrogens with zero attached hydrogens (tertiary/aromatic N) is 1. The number of hydrogen-bond donors (Lipinski definition) is 0. The molecule has 2 aromatic rings. The molecule has 1 aliphatic heterocycles. The van der Waals surface area contributed by atoms with Crippen molar-refractivity contribution in [2.24, 2.45) is 0 Å². The van der Waals surface area contributed by atoms with Crippen LogP contribution in [0.15, 0.2) is 54.6 Å². The first-order valence-corrected chi connectivity index (χ1v) is 9.83. The van der Waals surface area contributed by atoms with E-state index in [1.54, 1.807) is 6.92 Å². The van der Waals surface area contributed by atoms with Gasteiger partial charge in [0.25, 0.3) is 0 Å². The quantitative estimate of drug-likeness (QED) is 0.621. The second-order valence-electron chi connectivity index (χ2n) is 7.17. The van der Waals surface area contributed by atoms with Gasteiger partial charge in [-0.1, -0.05) is 30.3 Å². The van der Waals surface area contributed by atoms with E-state index in [1.807, 2.05) is 30.3 Å². The monoisotopic (exact) mass is 367 g/mol. The minimum atomic E-state index is 0.0791. The molecule has 0 N–H and O–H groups in total. The summed E-state index contributed by atoms with van der Waals surface area (Å²) < 4.78 is 11.5. The third-order valence-electron chi connectivity index (χ3n) is 4.79. The van der Waals surface area contributed by atoms with Crippen LogP contribution in [0.2, 0.25) is 0 Å². The van der Waals surface area contributed by atoms with Gasteiger partial charge in [-0.25, -0.2) is 0 Å². The summed E-state index contributed by atoms with van der Waals surface area (Å²) in [4.78, 5) is 13.3. The molecular weight excluding hydrogens is 338 g/mol. The maximum absolute atomic E-state index is 10.9. The van der Waals surface area contributed by atoms with Crippen LogP contribution in [0.25, 0.3) is 0 Å². The van der Waals surface area contributed by atoms with Gasteiger partial charge >= 0.3 is 0 Å². The molecule has 27 heavy (non-hydrogen) atoms. The number of benzene rings is 2. The van der Waals surface area contributed by atoms with Crippen LogP contribution in [0, 0.1) is 0 Å². The third-order valence-corrected chi connectivity index (χ3v) is 4.79. The Labute approximate surface area is 162 Å². The van der Waals surface area contributed by atoms with E-state index >= 15 is 0 Å². The summed E-state index contributed by atoms with van der Waals surface area (Å²) in [6.45, 7) is 4.40. The Morgan fingerprint density at radius 3 is 2.63 bits per heavy atom. The van der Waals surface area contributed by atoms with Crippen LogP contribution < -0.4 is 9.64 Å². The molecular formula is C23H29NO3. The average Bonchev–Trinajstić information content (AvgIpc) is 2.69. The maximum Gasteiger partial charge on any atom is 0.155 e. The van der Waals surface area contributed by atoms with Crippen molar-refractivity contribution in [3.63, 3.8) is 0 Å². The Kier molecular flexibility index (Phi) is 7.28. The summed E-state index contributed by atoms with van der Waals surface area (Å²) in [7, 11) is 0. The number of anilines is 1. The number of carbonyl (C=O) groups is 1. The molecule has 0 amide bonds. The molecule has 4 heteroatoms. The average molecular weight is 367 g/mol. The Balaban J connectivity index is 1.47. The zero-order valence-electron chi connectivity index (χ0n) is 16.1. The number of hydrogen-bond acceptors (Lipinski definition) is 4. The Morgan fingerprint density at radius 2 is 1.89 bits per heavy atom. The molecule has 1 fully saturated rings. The lowest BCUT2D eigenvalue weighted by Crippen LogP contribution is -2.41. The van der Waals surface area contributed by atoms with Gasteiger partial charge in [-0.2, -0.15) is 0 Å². The van der Waals surface area contributed by atoms with Crippen molar-refractivity contribution in [3.05, 3.63) is 60.2 Å². The number of piperidine rings is 1. The van der Waals surface area contributed by atoms with Gasteiger partial charge in [0.05, 0.1) is 6.54 Å². The number of carbonyl (C=O) groups excluding carboxylic acids is 1. The van der Waals surface area contributed by atoms with Crippen LogP contribution in [0.4, 0.5) is 5.69 Å². The maximum atomic E-state index is 10.9. The van der Waals surface area contributed by atoms with Crippen molar-refractivity contribution < 1.29 is 14.3 Å². The van der Waals surface area contributed by atoms with E-state index < -0.39 is 0 Å². The fourth-order valence-corrected chi connectivity index (χ4v) is 3.43. The third kappa shape index (κ3) is 6.40. The topological polar surface area (TPSA) is 38.8 Å². The Hall–Kier alpha value is -2.33. The lowest BCUT2D eigenvalue weighted by atomic mass is 10.1. The van der Waals surface area contributed by atoms with Crippen LogP contribution in [0.3, 0.4) is 0 Å². The second-order valence-corrected chi connectivity index (χ2v) is 7.17. The largest absolute Gasteiger partial charge is 0.489 e. The smallest absolute Gasteiger partial charge is 0.155 e. The predicted octanol–water partition coefficient (Wildman–Crippen LogP) is 4.27. The molecule has 1 aliphatic rings. The van der Waals surface area contributed by atoms with Crippen molar-refractivity contribution in [2.75, 3.05) is 31.2 Å². The first-order chi connectivity index (χ1) is 13.2. The summed E-state index contributed by atoms with van der Waals surface area (Å²) in [5.74, 6) is 1.03. The molecule has 144 valence electrons. The predicted molar refractivity (Wildman–Crippen MR) is 109 cm³/mol. The van der Waals surface area contributed by atoms with Crippen molar-refractivity contribution in [2.45, 2.75) is 38.7 Å². The molecule has 0 bridgehead atoms. The highest BCUT2D eigenvalue weighted by Gasteiger charge is 2.21. The zero-order chi connectivity index (χ0) is 18.9. The Morgan fingerprint density at radius 1 is 1.11 bits per heavy atom. The van der Waals surface area contributed by atoms with Gasteiger partial charge in [0.2, 0.25) is 0 Å². The highest BCUT2D eigenvalue weighted by atomic mass is 16.5. The van der Waals surface area contributed by atoms with Crippen LogP contribution in [0.5, 0.6) is 5.75 Å². The summed E-state index contributed by atoms with van der Waals surface area (Å²) in [5, 5.41) is 0. The summed E-state index contributed by atoms with van der Waals surface area (Å²) >= 11 is 0. The van der Waals surface area contributed by atoms with Crippen molar-refractivity contribution >= 4 is 11.5 Å². The molecule has 2 aromatic carbocycles. The van der Waals surface area contributed by atoms with Gasteiger partial charge in [-0.15, -0.1) is 0 Å². The first kappa shape index (κ1) is 19.4. The Bertz CT molecular complexity index is 699. The van der Waals surface area contributed by atoms with Crippen LogP contribution >= 0.6 is 0 Å². The summed E-state index contributed by atoms with van der Waals surface area (Å²) in [6.07, 6.45) is 4.39. The first-order valence-electron chi connectivity index (χ1n) is 9.83.